The second-order valence-electron chi connectivity index (χ2n) is 4.42. The van der Waals surface area contributed by atoms with Crippen molar-refractivity contribution in [3.63, 3.8) is 0 Å². The van der Waals surface area contributed by atoms with E-state index < -0.39 is 0 Å². The molecule has 0 radical (unpaired) electrons. The lowest BCUT2D eigenvalue weighted by Gasteiger charge is -2.13. The minimum Gasteiger partial charge on any atom is -0.397 e. The van der Waals surface area contributed by atoms with Gasteiger partial charge in [-0.2, -0.15) is 0 Å². The topological polar surface area (TPSA) is 84.2 Å². The van der Waals surface area contributed by atoms with Gasteiger partial charge in [0.15, 0.2) is 0 Å². The third-order valence-corrected chi connectivity index (χ3v) is 2.78. The molecular weight excluding hydrogens is 218 g/mol. The summed E-state index contributed by atoms with van der Waals surface area (Å²) >= 11 is 0. The van der Waals surface area contributed by atoms with Gasteiger partial charge in [0.2, 0.25) is 5.91 Å². The number of benzene rings is 1. The fourth-order valence-electron chi connectivity index (χ4n) is 1.78. The van der Waals surface area contributed by atoms with E-state index in [0.29, 0.717) is 16.9 Å². The summed E-state index contributed by atoms with van der Waals surface area (Å²) in [5.41, 5.74) is 8.13. The van der Waals surface area contributed by atoms with Crippen molar-refractivity contribution in [3.05, 3.63) is 23.3 Å². The van der Waals surface area contributed by atoms with E-state index in [1.165, 1.54) is 0 Å². The third-order valence-electron chi connectivity index (χ3n) is 2.78. The van der Waals surface area contributed by atoms with Crippen molar-refractivity contribution in [1.29, 1.82) is 0 Å². The highest BCUT2D eigenvalue weighted by molar-refractivity contribution is 6.11. The molecule has 90 valence electrons. The first-order valence-corrected chi connectivity index (χ1v) is 5.50. The maximum atomic E-state index is 11.8. The molecule has 1 aliphatic rings. The summed E-state index contributed by atoms with van der Waals surface area (Å²) in [7, 11) is 0. The van der Waals surface area contributed by atoms with Crippen molar-refractivity contribution in [2.45, 2.75) is 19.8 Å². The van der Waals surface area contributed by atoms with E-state index in [2.05, 4.69) is 10.6 Å². The van der Waals surface area contributed by atoms with E-state index in [1.807, 2.05) is 13.8 Å². The van der Waals surface area contributed by atoms with Gasteiger partial charge in [-0.1, -0.05) is 13.8 Å². The Labute approximate surface area is 99.4 Å². The largest absolute Gasteiger partial charge is 0.397 e. The van der Waals surface area contributed by atoms with Gasteiger partial charge in [0.25, 0.3) is 5.91 Å². The van der Waals surface area contributed by atoms with Crippen LogP contribution in [0.25, 0.3) is 0 Å². The molecule has 0 aromatic heterocycles. The highest BCUT2D eigenvalue weighted by atomic mass is 16.2. The van der Waals surface area contributed by atoms with Crippen molar-refractivity contribution in [3.8, 4) is 0 Å². The average molecular weight is 233 g/mol. The van der Waals surface area contributed by atoms with Crippen LogP contribution in [0.15, 0.2) is 12.1 Å². The third kappa shape index (κ3) is 2.08. The maximum absolute atomic E-state index is 11.8. The number of amides is 2. The summed E-state index contributed by atoms with van der Waals surface area (Å²) in [6, 6.07) is 3.57. The van der Waals surface area contributed by atoms with Gasteiger partial charge in [0.05, 0.1) is 23.5 Å². The zero-order valence-electron chi connectivity index (χ0n) is 9.83. The fraction of sp³-hybridized carbons (Fsp3) is 0.333. The molecule has 0 spiro atoms. The number of hydrogen-bond acceptors (Lipinski definition) is 3. The number of carbonyl (C=O) groups excluding carboxylic acids is 2. The molecule has 2 rings (SSSR count). The first kappa shape index (κ1) is 11.4. The molecule has 4 N–H and O–H groups in total. The summed E-state index contributed by atoms with van der Waals surface area (Å²) in [6.45, 7) is 4.02. The van der Waals surface area contributed by atoms with Crippen LogP contribution >= 0.6 is 0 Å². The van der Waals surface area contributed by atoms with E-state index in [0.717, 1.165) is 5.56 Å². The number of nitrogen functional groups attached to an aromatic ring is 1. The number of rotatable bonds is 1. The molecule has 1 aromatic carbocycles. The van der Waals surface area contributed by atoms with Crippen LogP contribution < -0.4 is 16.4 Å². The monoisotopic (exact) mass is 233 g/mol. The molecule has 0 atom stereocenters. The Hall–Kier alpha value is -2.04. The van der Waals surface area contributed by atoms with Gasteiger partial charge in [-0.05, 0) is 23.6 Å². The van der Waals surface area contributed by atoms with Gasteiger partial charge < -0.3 is 16.4 Å². The second kappa shape index (κ2) is 4.08. The Kier molecular flexibility index (Phi) is 2.75. The van der Waals surface area contributed by atoms with Gasteiger partial charge in [-0.3, -0.25) is 9.59 Å². The molecule has 0 aliphatic carbocycles. The predicted octanol–water partition coefficient (Wildman–Crippen LogP) is 1.07. The molecule has 0 unspecified atom stereocenters. The SMILES string of the molecule is CC(C)c1cc(N)c2c(c1)C(=O)NCC(=O)N2. The number of fused-ring (bicyclic) bond motifs is 1. The number of nitrogens with two attached hydrogens (primary N) is 1. The van der Waals surface area contributed by atoms with E-state index in [4.69, 9.17) is 5.73 Å². The van der Waals surface area contributed by atoms with Gasteiger partial charge in [-0.25, -0.2) is 0 Å². The number of hydrogen-bond donors (Lipinski definition) is 3. The second-order valence-corrected chi connectivity index (χ2v) is 4.42. The standard InChI is InChI=1S/C12H15N3O2/c1-6(2)7-3-8-11(9(13)4-7)15-10(16)5-14-12(8)17/h3-4,6H,5,13H2,1-2H3,(H,14,17)(H,15,16). The minimum absolute atomic E-state index is 0.0238. The number of nitrogens with one attached hydrogen (secondary N) is 2. The van der Waals surface area contributed by atoms with Crippen LogP contribution in [-0.4, -0.2) is 18.4 Å². The minimum atomic E-state index is -0.271. The molecule has 17 heavy (non-hydrogen) atoms. The van der Waals surface area contributed by atoms with Gasteiger partial charge in [0, 0.05) is 0 Å². The van der Waals surface area contributed by atoms with E-state index >= 15 is 0 Å². The first-order chi connectivity index (χ1) is 7.99. The predicted molar refractivity (Wildman–Crippen MR) is 65.9 cm³/mol. The molecule has 0 saturated heterocycles. The Bertz CT molecular complexity index is 495. The molecule has 0 bridgehead atoms. The Morgan fingerprint density at radius 2 is 2.00 bits per heavy atom. The van der Waals surface area contributed by atoms with Crippen LogP contribution in [0.3, 0.4) is 0 Å². The number of carbonyl (C=O) groups is 2. The first-order valence-electron chi connectivity index (χ1n) is 5.50. The lowest BCUT2D eigenvalue weighted by atomic mass is 9.98. The molecule has 1 heterocycles. The van der Waals surface area contributed by atoms with Crippen molar-refractivity contribution in [2.24, 2.45) is 0 Å². The van der Waals surface area contributed by atoms with Crippen molar-refractivity contribution >= 4 is 23.2 Å². The molecule has 5 heteroatoms. The van der Waals surface area contributed by atoms with Crippen molar-refractivity contribution in [2.75, 3.05) is 17.6 Å². The molecular formula is C12H15N3O2. The summed E-state index contributed by atoms with van der Waals surface area (Å²) < 4.78 is 0. The van der Waals surface area contributed by atoms with Crippen molar-refractivity contribution < 1.29 is 9.59 Å². The van der Waals surface area contributed by atoms with Gasteiger partial charge in [0.1, 0.15) is 0 Å². The molecule has 2 amide bonds. The smallest absolute Gasteiger partial charge is 0.253 e. The van der Waals surface area contributed by atoms with Crippen LogP contribution in [-0.2, 0) is 4.79 Å². The molecule has 1 aromatic rings. The summed E-state index contributed by atoms with van der Waals surface area (Å²) in [5.74, 6) is -0.261. The lowest BCUT2D eigenvalue weighted by molar-refractivity contribution is -0.115. The summed E-state index contributed by atoms with van der Waals surface area (Å²) in [4.78, 5) is 23.2. The average Bonchev–Trinajstić information content (AvgIpc) is 2.40. The quantitative estimate of drug-likeness (QED) is 0.634. The van der Waals surface area contributed by atoms with Crippen LogP contribution in [0.1, 0.15) is 35.7 Å². The lowest BCUT2D eigenvalue weighted by Crippen LogP contribution is -2.28. The van der Waals surface area contributed by atoms with Crippen LogP contribution in [0.2, 0.25) is 0 Å². The zero-order chi connectivity index (χ0) is 12.6. The zero-order valence-corrected chi connectivity index (χ0v) is 9.83. The molecule has 1 aliphatic heterocycles. The normalized spacial score (nSPS) is 15.0. The molecule has 0 fully saturated rings. The fourth-order valence-corrected chi connectivity index (χ4v) is 1.78. The summed E-state index contributed by atoms with van der Waals surface area (Å²) in [5, 5.41) is 5.18. The van der Waals surface area contributed by atoms with E-state index in [-0.39, 0.29) is 24.3 Å². The molecule has 5 nitrogen and oxygen atoms in total. The Morgan fingerprint density at radius 3 is 2.65 bits per heavy atom. The highest BCUT2D eigenvalue weighted by Crippen LogP contribution is 2.29. The van der Waals surface area contributed by atoms with Gasteiger partial charge in [-0.15, -0.1) is 0 Å². The van der Waals surface area contributed by atoms with Gasteiger partial charge >= 0.3 is 0 Å². The van der Waals surface area contributed by atoms with E-state index in [1.54, 1.807) is 12.1 Å². The Morgan fingerprint density at radius 1 is 1.29 bits per heavy atom. The van der Waals surface area contributed by atoms with E-state index in [9.17, 15) is 9.59 Å². The van der Waals surface area contributed by atoms with Crippen LogP contribution in [0, 0.1) is 0 Å². The van der Waals surface area contributed by atoms with Crippen LogP contribution in [0.5, 0.6) is 0 Å². The highest BCUT2D eigenvalue weighted by Gasteiger charge is 2.22. The van der Waals surface area contributed by atoms with Crippen molar-refractivity contribution in [1.82, 2.24) is 5.32 Å². The Balaban J connectivity index is 2.59. The molecule has 0 saturated carbocycles. The number of anilines is 2. The maximum Gasteiger partial charge on any atom is 0.253 e. The summed E-state index contributed by atoms with van der Waals surface area (Å²) in [6.07, 6.45) is 0. The van der Waals surface area contributed by atoms with Crippen LogP contribution in [0.4, 0.5) is 11.4 Å².